The van der Waals surface area contributed by atoms with Crippen molar-refractivity contribution in [3.63, 3.8) is 0 Å². The average molecular weight is 187 g/mol. The van der Waals surface area contributed by atoms with Gasteiger partial charge < -0.3 is 10.4 Å². The predicted molar refractivity (Wildman–Crippen MR) is 49.3 cm³/mol. The maximum Gasteiger partial charge on any atom is 0.308 e. The maximum atomic E-state index is 11.0. The topological polar surface area (TPSA) is 66.4 Å². The van der Waals surface area contributed by atoms with Gasteiger partial charge in [-0.3, -0.25) is 9.59 Å². The molecule has 0 saturated heterocycles. The summed E-state index contributed by atoms with van der Waals surface area (Å²) in [6.45, 7) is 3.95. The fraction of sp³-hybridized carbons (Fsp3) is 0.778. The van der Waals surface area contributed by atoms with Gasteiger partial charge in [0.25, 0.3) is 0 Å². The molecule has 0 bridgehead atoms. The van der Waals surface area contributed by atoms with Gasteiger partial charge in [-0.25, -0.2) is 0 Å². The molecule has 4 nitrogen and oxygen atoms in total. The lowest BCUT2D eigenvalue weighted by Crippen LogP contribution is -2.32. The zero-order valence-corrected chi connectivity index (χ0v) is 8.17. The third kappa shape index (κ3) is 5.22. The number of hydrogen-bond donors (Lipinski definition) is 2. The Hall–Kier alpha value is -1.06. The lowest BCUT2D eigenvalue weighted by molar-refractivity contribution is -0.141. The highest BCUT2D eigenvalue weighted by atomic mass is 16.4. The van der Waals surface area contributed by atoms with Crippen LogP contribution in [0.5, 0.6) is 0 Å². The monoisotopic (exact) mass is 187 g/mol. The minimum atomic E-state index is -0.848. The van der Waals surface area contributed by atoms with Crippen LogP contribution in [0.3, 0.4) is 0 Å². The molecule has 1 amide bonds. The van der Waals surface area contributed by atoms with Crippen molar-refractivity contribution in [2.75, 3.05) is 6.54 Å². The lowest BCUT2D eigenvalue weighted by atomic mass is 10.1. The zero-order valence-electron chi connectivity index (χ0n) is 8.17. The molecule has 1 atom stereocenters. The highest BCUT2D eigenvalue weighted by molar-refractivity contribution is 5.77. The minimum Gasteiger partial charge on any atom is -0.481 e. The summed E-state index contributed by atoms with van der Waals surface area (Å²) in [5.41, 5.74) is 0. The van der Waals surface area contributed by atoms with E-state index in [0.29, 0.717) is 12.8 Å². The van der Waals surface area contributed by atoms with Crippen molar-refractivity contribution in [1.82, 2.24) is 5.32 Å². The Labute approximate surface area is 78.3 Å². The van der Waals surface area contributed by atoms with Crippen LogP contribution in [-0.4, -0.2) is 23.5 Å². The second-order valence-corrected chi connectivity index (χ2v) is 3.00. The second kappa shape index (κ2) is 6.46. The summed E-state index contributed by atoms with van der Waals surface area (Å²) in [4.78, 5) is 21.5. The van der Waals surface area contributed by atoms with Crippen LogP contribution in [0.1, 0.15) is 33.1 Å². The third-order valence-corrected chi connectivity index (χ3v) is 1.86. The number of nitrogens with one attached hydrogen (secondary N) is 1. The van der Waals surface area contributed by atoms with Gasteiger partial charge in [0, 0.05) is 13.0 Å². The van der Waals surface area contributed by atoms with Gasteiger partial charge in [-0.2, -0.15) is 0 Å². The SMILES string of the molecule is CCCC(=O)NCC(CC)C(=O)O. The molecule has 0 aromatic carbocycles. The highest BCUT2D eigenvalue weighted by Crippen LogP contribution is 2.00. The van der Waals surface area contributed by atoms with Gasteiger partial charge in [0.15, 0.2) is 0 Å². The van der Waals surface area contributed by atoms with Gasteiger partial charge in [0.05, 0.1) is 5.92 Å². The molecule has 0 fully saturated rings. The average Bonchev–Trinajstić information content (AvgIpc) is 2.05. The van der Waals surface area contributed by atoms with Crippen molar-refractivity contribution in [2.24, 2.45) is 5.92 Å². The van der Waals surface area contributed by atoms with Crippen LogP contribution >= 0.6 is 0 Å². The first-order valence-electron chi connectivity index (χ1n) is 4.61. The number of carbonyl (C=O) groups excluding carboxylic acids is 1. The van der Waals surface area contributed by atoms with E-state index in [1.54, 1.807) is 6.92 Å². The van der Waals surface area contributed by atoms with E-state index in [4.69, 9.17) is 5.11 Å². The Morgan fingerprint density at radius 1 is 1.38 bits per heavy atom. The van der Waals surface area contributed by atoms with Gasteiger partial charge >= 0.3 is 5.97 Å². The molecule has 0 spiro atoms. The van der Waals surface area contributed by atoms with E-state index >= 15 is 0 Å². The normalized spacial score (nSPS) is 12.2. The van der Waals surface area contributed by atoms with Gasteiger partial charge in [0.1, 0.15) is 0 Å². The van der Waals surface area contributed by atoms with Crippen molar-refractivity contribution >= 4 is 11.9 Å². The van der Waals surface area contributed by atoms with Gasteiger partial charge in [-0.05, 0) is 12.8 Å². The summed E-state index contributed by atoms with van der Waals surface area (Å²) >= 11 is 0. The van der Waals surface area contributed by atoms with Crippen molar-refractivity contribution < 1.29 is 14.7 Å². The molecule has 4 heteroatoms. The van der Waals surface area contributed by atoms with Crippen LogP contribution in [0, 0.1) is 5.92 Å². The summed E-state index contributed by atoms with van der Waals surface area (Å²) < 4.78 is 0. The van der Waals surface area contributed by atoms with Crippen LogP contribution in [-0.2, 0) is 9.59 Å². The zero-order chi connectivity index (χ0) is 10.3. The molecule has 1 unspecified atom stereocenters. The number of carboxylic acids is 1. The fourth-order valence-electron chi connectivity index (χ4n) is 0.959. The molecule has 0 aliphatic carbocycles. The highest BCUT2D eigenvalue weighted by Gasteiger charge is 2.15. The third-order valence-electron chi connectivity index (χ3n) is 1.86. The molecule has 0 aromatic heterocycles. The van der Waals surface area contributed by atoms with Crippen LogP contribution in [0.15, 0.2) is 0 Å². The van der Waals surface area contributed by atoms with Gasteiger partial charge in [-0.1, -0.05) is 13.8 Å². The van der Waals surface area contributed by atoms with Crippen LogP contribution in [0.4, 0.5) is 0 Å². The summed E-state index contributed by atoms with van der Waals surface area (Å²) in [5.74, 6) is -1.37. The molecule has 0 heterocycles. The summed E-state index contributed by atoms with van der Waals surface area (Å²) in [6, 6.07) is 0. The standard InChI is InChI=1S/C9H17NO3/c1-3-5-8(11)10-6-7(4-2)9(12)13/h7H,3-6H2,1-2H3,(H,10,11)(H,12,13). The lowest BCUT2D eigenvalue weighted by Gasteiger charge is -2.10. The summed E-state index contributed by atoms with van der Waals surface area (Å²) in [6.07, 6.45) is 1.80. The first-order chi connectivity index (χ1) is 6.11. The van der Waals surface area contributed by atoms with Crippen molar-refractivity contribution in [2.45, 2.75) is 33.1 Å². The van der Waals surface area contributed by atoms with E-state index < -0.39 is 11.9 Å². The number of carbonyl (C=O) groups is 2. The summed E-state index contributed by atoms with van der Waals surface area (Å²) in [5, 5.41) is 11.3. The molecule has 76 valence electrons. The van der Waals surface area contributed by atoms with Crippen LogP contribution in [0.2, 0.25) is 0 Å². The largest absolute Gasteiger partial charge is 0.481 e. The molecule has 0 aromatic rings. The Morgan fingerprint density at radius 2 is 2.00 bits per heavy atom. The van der Waals surface area contributed by atoms with Crippen LogP contribution < -0.4 is 5.32 Å². The molecule has 0 rings (SSSR count). The molecule has 2 N–H and O–H groups in total. The molecule has 0 saturated carbocycles. The second-order valence-electron chi connectivity index (χ2n) is 3.00. The van der Waals surface area contributed by atoms with E-state index in [2.05, 4.69) is 5.32 Å². The molecular formula is C9H17NO3. The first-order valence-corrected chi connectivity index (χ1v) is 4.61. The Morgan fingerprint density at radius 3 is 2.38 bits per heavy atom. The number of amides is 1. The Kier molecular flexibility index (Phi) is 5.93. The molecule has 0 aliphatic rings. The number of hydrogen-bond acceptors (Lipinski definition) is 2. The van der Waals surface area contributed by atoms with E-state index in [0.717, 1.165) is 6.42 Å². The van der Waals surface area contributed by atoms with Crippen molar-refractivity contribution in [3.8, 4) is 0 Å². The smallest absolute Gasteiger partial charge is 0.308 e. The minimum absolute atomic E-state index is 0.0674. The number of aliphatic carboxylic acids is 1. The summed E-state index contributed by atoms with van der Waals surface area (Å²) in [7, 11) is 0. The number of carboxylic acid groups (broad SMARTS) is 1. The Balaban J connectivity index is 3.72. The fourth-order valence-corrected chi connectivity index (χ4v) is 0.959. The van der Waals surface area contributed by atoms with E-state index in [1.165, 1.54) is 0 Å². The van der Waals surface area contributed by atoms with Gasteiger partial charge in [0.2, 0.25) is 5.91 Å². The molecule has 0 radical (unpaired) electrons. The van der Waals surface area contributed by atoms with E-state index in [9.17, 15) is 9.59 Å². The van der Waals surface area contributed by atoms with Crippen molar-refractivity contribution in [1.29, 1.82) is 0 Å². The van der Waals surface area contributed by atoms with Gasteiger partial charge in [-0.15, -0.1) is 0 Å². The first kappa shape index (κ1) is 11.9. The molecule has 0 aliphatic heterocycles. The maximum absolute atomic E-state index is 11.0. The number of rotatable bonds is 6. The molecular weight excluding hydrogens is 170 g/mol. The quantitative estimate of drug-likeness (QED) is 0.652. The van der Waals surface area contributed by atoms with E-state index in [1.807, 2.05) is 6.92 Å². The Bertz CT molecular complexity index is 180. The van der Waals surface area contributed by atoms with Crippen molar-refractivity contribution in [3.05, 3.63) is 0 Å². The van der Waals surface area contributed by atoms with E-state index in [-0.39, 0.29) is 12.5 Å². The predicted octanol–water partition coefficient (Wildman–Crippen LogP) is 1.01. The van der Waals surface area contributed by atoms with Crippen LogP contribution in [0.25, 0.3) is 0 Å². The molecule has 13 heavy (non-hydrogen) atoms.